The van der Waals surface area contributed by atoms with Crippen LogP contribution in [0.5, 0.6) is 0 Å². The van der Waals surface area contributed by atoms with E-state index >= 15 is 0 Å². The Bertz CT molecular complexity index is 283. The highest BCUT2D eigenvalue weighted by molar-refractivity contribution is 5.78. The Balaban J connectivity index is 2.18. The smallest absolute Gasteiger partial charge is 0.234 e. The Hall–Kier alpha value is -1.29. The van der Waals surface area contributed by atoms with E-state index in [0.29, 0.717) is 6.54 Å². The summed E-state index contributed by atoms with van der Waals surface area (Å²) in [4.78, 5) is 11.2. The van der Waals surface area contributed by atoms with E-state index in [9.17, 15) is 4.79 Å². The number of carbonyl (C=O) groups excluding carboxylic acids is 1. The van der Waals surface area contributed by atoms with Gasteiger partial charge in [-0.05, 0) is 32.5 Å². The van der Waals surface area contributed by atoms with E-state index in [0.717, 1.165) is 18.6 Å². The van der Waals surface area contributed by atoms with Crippen LogP contribution in [-0.4, -0.2) is 25.5 Å². The second kappa shape index (κ2) is 6.24. The lowest BCUT2D eigenvalue weighted by molar-refractivity contribution is -0.120. The van der Waals surface area contributed by atoms with Crippen molar-refractivity contribution in [3.63, 3.8) is 0 Å². The average Bonchev–Trinajstić information content (AvgIpc) is 2.67. The second-order valence-corrected chi connectivity index (χ2v) is 3.62. The summed E-state index contributed by atoms with van der Waals surface area (Å²) in [6.45, 7) is 2.36. The average molecular weight is 210 g/mol. The molecule has 1 amide bonds. The summed E-state index contributed by atoms with van der Waals surface area (Å²) >= 11 is 0. The summed E-state index contributed by atoms with van der Waals surface area (Å²) in [5.74, 6) is 0.995. The summed E-state index contributed by atoms with van der Waals surface area (Å²) in [6.07, 6.45) is 3.41. The molecule has 1 heterocycles. The molecule has 0 saturated heterocycles. The number of aryl methyl sites for hydroxylation is 1. The lowest BCUT2D eigenvalue weighted by Gasteiger charge is -2.12. The first kappa shape index (κ1) is 11.8. The van der Waals surface area contributed by atoms with Gasteiger partial charge in [0, 0.05) is 12.5 Å². The summed E-state index contributed by atoms with van der Waals surface area (Å²) in [6, 6.07) is 4.00. The molecular weight excluding hydrogens is 192 g/mol. The number of carbonyl (C=O) groups is 1. The molecule has 0 radical (unpaired) electrons. The number of nitrogens with one attached hydrogen (secondary N) is 2. The molecular formula is C11H18N2O2. The highest BCUT2D eigenvalue weighted by Gasteiger charge is 2.07. The van der Waals surface area contributed by atoms with E-state index in [1.54, 1.807) is 13.3 Å². The molecule has 0 saturated carbocycles. The first-order valence-corrected chi connectivity index (χ1v) is 5.18. The largest absolute Gasteiger partial charge is 0.469 e. The molecule has 0 bridgehead atoms. The van der Waals surface area contributed by atoms with Crippen LogP contribution in [0, 0.1) is 0 Å². The van der Waals surface area contributed by atoms with Gasteiger partial charge in [0.1, 0.15) is 5.76 Å². The number of amides is 1. The molecule has 0 aliphatic rings. The SMILES string of the molecule is CNCC(=O)NC(C)CCc1ccco1. The molecule has 1 aromatic heterocycles. The van der Waals surface area contributed by atoms with Gasteiger partial charge in [0.2, 0.25) is 5.91 Å². The zero-order chi connectivity index (χ0) is 11.1. The van der Waals surface area contributed by atoms with Gasteiger partial charge in [-0.15, -0.1) is 0 Å². The van der Waals surface area contributed by atoms with Gasteiger partial charge in [0.05, 0.1) is 12.8 Å². The summed E-state index contributed by atoms with van der Waals surface area (Å²) in [5.41, 5.74) is 0. The van der Waals surface area contributed by atoms with Crippen LogP contribution in [0.4, 0.5) is 0 Å². The van der Waals surface area contributed by atoms with Gasteiger partial charge in [0.25, 0.3) is 0 Å². The van der Waals surface area contributed by atoms with E-state index in [1.807, 2.05) is 19.1 Å². The Labute approximate surface area is 90.0 Å². The van der Waals surface area contributed by atoms with Crippen molar-refractivity contribution in [2.45, 2.75) is 25.8 Å². The third-order valence-corrected chi connectivity index (χ3v) is 2.15. The number of hydrogen-bond donors (Lipinski definition) is 2. The maximum Gasteiger partial charge on any atom is 0.234 e. The van der Waals surface area contributed by atoms with Crippen LogP contribution >= 0.6 is 0 Å². The predicted molar refractivity (Wildman–Crippen MR) is 58.6 cm³/mol. The van der Waals surface area contributed by atoms with Crippen molar-refractivity contribution in [2.24, 2.45) is 0 Å². The quantitative estimate of drug-likeness (QED) is 0.734. The third kappa shape index (κ3) is 4.65. The van der Waals surface area contributed by atoms with E-state index in [4.69, 9.17) is 4.42 Å². The maximum atomic E-state index is 11.2. The minimum Gasteiger partial charge on any atom is -0.469 e. The first-order chi connectivity index (χ1) is 7.22. The molecule has 1 atom stereocenters. The van der Waals surface area contributed by atoms with E-state index in [-0.39, 0.29) is 11.9 Å². The molecule has 1 unspecified atom stereocenters. The van der Waals surface area contributed by atoms with Gasteiger partial charge in [0.15, 0.2) is 0 Å². The number of likely N-dealkylation sites (N-methyl/N-ethyl adjacent to an activating group) is 1. The van der Waals surface area contributed by atoms with Gasteiger partial charge >= 0.3 is 0 Å². The minimum atomic E-state index is 0.0319. The fraction of sp³-hybridized carbons (Fsp3) is 0.545. The van der Waals surface area contributed by atoms with Crippen LogP contribution in [0.15, 0.2) is 22.8 Å². The molecule has 1 rings (SSSR count). The van der Waals surface area contributed by atoms with Gasteiger partial charge in [-0.2, -0.15) is 0 Å². The van der Waals surface area contributed by atoms with Crippen LogP contribution in [-0.2, 0) is 11.2 Å². The molecule has 84 valence electrons. The van der Waals surface area contributed by atoms with Crippen LogP contribution < -0.4 is 10.6 Å². The van der Waals surface area contributed by atoms with Crippen molar-refractivity contribution in [2.75, 3.05) is 13.6 Å². The highest BCUT2D eigenvalue weighted by atomic mass is 16.3. The Morgan fingerprint density at radius 1 is 1.60 bits per heavy atom. The molecule has 0 aromatic carbocycles. The molecule has 1 aromatic rings. The summed E-state index contributed by atoms with van der Waals surface area (Å²) < 4.78 is 5.21. The first-order valence-electron chi connectivity index (χ1n) is 5.18. The maximum absolute atomic E-state index is 11.2. The van der Waals surface area contributed by atoms with Crippen molar-refractivity contribution in [3.05, 3.63) is 24.2 Å². The Morgan fingerprint density at radius 3 is 3.00 bits per heavy atom. The molecule has 0 spiro atoms. The Morgan fingerprint density at radius 2 is 2.40 bits per heavy atom. The number of hydrogen-bond acceptors (Lipinski definition) is 3. The van der Waals surface area contributed by atoms with E-state index in [1.165, 1.54) is 0 Å². The lowest BCUT2D eigenvalue weighted by Crippen LogP contribution is -2.38. The van der Waals surface area contributed by atoms with Crippen LogP contribution in [0.2, 0.25) is 0 Å². The summed E-state index contributed by atoms with van der Waals surface area (Å²) in [7, 11) is 1.76. The van der Waals surface area contributed by atoms with Crippen molar-refractivity contribution in [1.82, 2.24) is 10.6 Å². The normalized spacial score (nSPS) is 12.4. The van der Waals surface area contributed by atoms with E-state index < -0.39 is 0 Å². The number of furan rings is 1. The van der Waals surface area contributed by atoms with Gasteiger partial charge in [-0.3, -0.25) is 4.79 Å². The summed E-state index contributed by atoms with van der Waals surface area (Å²) in [5, 5.41) is 5.71. The molecule has 0 fully saturated rings. The van der Waals surface area contributed by atoms with Crippen LogP contribution in [0.3, 0.4) is 0 Å². The fourth-order valence-electron chi connectivity index (χ4n) is 1.37. The zero-order valence-corrected chi connectivity index (χ0v) is 9.25. The highest BCUT2D eigenvalue weighted by Crippen LogP contribution is 2.05. The van der Waals surface area contributed by atoms with Gasteiger partial charge in [-0.1, -0.05) is 0 Å². The van der Waals surface area contributed by atoms with Crippen LogP contribution in [0.25, 0.3) is 0 Å². The van der Waals surface area contributed by atoms with Crippen LogP contribution in [0.1, 0.15) is 19.1 Å². The van der Waals surface area contributed by atoms with Crippen molar-refractivity contribution in [3.8, 4) is 0 Å². The van der Waals surface area contributed by atoms with Gasteiger partial charge < -0.3 is 15.1 Å². The van der Waals surface area contributed by atoms with Crippen molar-refractivity contribution >= 4 is 5.91 Å². The second-order valence-electron chi connectivity index (χ2n) is 3.62. The molecule has 15 heavy (non-hydrogen) atoms. The predicted octanol–water partition coefficient (Wildman–Crippen LogP) is 0.936. The molecule has 0 aliphatic heterocycles. The molecule has 4 heteroatoms. The molecule has 2 N–H and O–H groups in total. The topological polar surface area (TPSA) is 54.3 Å². The van der Waals surface area contributed by atoms with Gasteiger partial charge in [-0.25, -0.2) is 0 Å². The van der Waals surface area contributed by atoms with Crippen molar-refractivity contribution in [1.29, 1.82) is 0 Å². The monoisotopic (exact) mass is 210 g/mol. The standard InChI is InChI=1S/C11H18N2O2/c1-9(13-11(14)8-12-2)5-6-10-4-3-7-15-10/h3-4,7,9,12H,5-6,8H2,1-2H3,(H,13,14). The number of rotatable bonds is 6. The molecule has 0 aliphatic carbocycles. The zero-order valence-electron chi connectivity index (χ0n) is 9.25. The lowest BCUT2D eigenvalue weighted by atomic mass is 10.1. The Kier molecular flexibility index (Phi) is 4.90. The third-order valence-electron chi connectivity index (χ3n) is 2.15. The fourth-order valence-corrected chi connectivity index (χ4v) is 1.37. The van der Waals surface area contributed by atoms with E-state index in [2.05, 4.69) is 10.6 Å². The molecule has 4 nitrogen and oxygen atoms in total. The minimum absolute atomic E-state index is 0.0319. The van der Waals surface area contributed by atoms with Crippen molar-refractivity contribution < 1.29 is 9.21 Å².